The Morgan fingerprint density at radius 2 is 2.06 bits per heavy atom. The highest BCUT2D eigenvalue weighted by molar-refractivity contribution is 6.31. The summed E-state index contributed by atoms with van der Waals surface area (Å²) in [5.74, 6) is 4.60. The van der Waals surface area contributed by atoms with E-state index in [1.807, 2.05) is 0 Å². The second kappa shape index (κ2) is 6.83. The fourth-order valence-corrected chi connectivity index (χ4v) is 1.56. The largest absolute Gasteiger partial charge is 0.370 e. The van der Waals surface area contributed by atoms with Crippen LogP contribution in [0.25, 0.3) is 0 Å². The first-order valence-corrected chi connectivity index (χ1v) is 5.75. The summed E-state index contributed by atoms with van der Waals surface area (Å²) in [5, 5.41) is 3.10. The van der Waals surface area contributed by atoms with E-state index < -0.39 is 5.91 Å². The van der Waals surface area contributed by atoms with E-state index in [0.717, 1.165) is 0 Å². The molecule has 6 N–H and O–H groups in total. The van der Waals surface area contributed by atoms with Crippen molar-refractivity contribution >= 4 is 29.1 Å². The van der Waals surface area contributed by atoms with Gasteiger partial charge in [-0.25, -0.2) is 0 Å². The minimum atomic E-state index is -0.392. The van der Waals surface area contributed by atoms with E-state index >= 15 is 0 Å². The molecule has 1 aromatic rings. The molecule has 0 unspecified atom stereocenters. The number of amides is 2. The van der Waals surface area contributed by atoms with Gasteiger partial charge in [0.2, 0.25) is 5.91 Å². The summed E-state index contributed by atoms with van der Waals surface area (Å²) >= 11 is 5.81. The minimum Gasteiger partial charge on any atom is -0.370 e. The molecule has 6 nitrogen and oxygen atoms in total. The normalized spacial score (nSPS) is 9.89. The zero-order valence-corrected chi connectivity index (χ0v) is 10.5. The van der Waals surface area contributed by atoms with Gasteiger partial charge in [-0.2, -0.15) is 0 Å². The third kappa shape index (κ3) is 4.23. The van der Waals surface area contributed by atoms with Gasteiger partial charge in [-0.15, -0.1) is 0 Å². The molecule has 0 bridgehead atoms. The molecular formula is C11H15ClN4O2. The molecule has 7 heteroatoms. The monoisotopic (exact) mass is 270 g/mol. The number of hydrazine groups is 1. The molecule has 0 heterocycles. The molecular weight excluding hydrogens is 256 g/mol. The van der Waals surface area contributed by atoms with Crippen LogP contribution in [0.1, 0.15) is 23.2 Å². The third-order valence-corrected chi connectivity index (χ3v) is 2.50. The Morgan fingerprint density at radius 1 is 1.33 bits per heavy atom. The first-order chi connectivity index (χ1) is 8.54. The first-order valence-electron chi connectivity index (χ1n) is 5.37. The lowest BCUT2D eigenvalue weighted by Gasteiger charge is -2.09. The van der Waals surface area contributed by atoms with E-state index in [9.17, 15) is 9.59 Å². The Kier molecular flexibility index (Phi) is 5.41. The molecule has 98 valence electrons. The van der Waals surface area contributed by atoms with Crippen LogP contribution in [0.3, 0.4) is 0 Å². The van der Waals surface area contributed by atoms with Crippen LogP contribution in [0, 0.1) is 0 Å². The highest BCUT2D eigenvalue weighted by Crippen LogP contribution is 2.19. The number of carbonyl (C=O) groups is 2. The first kappa shape index (κ1) is 14.3. The number of carbonyl (C=O) groups excluding carboxylic acids is 2. The SMILES string of the molecule is NNc1ccc(Cl)cc1C(=O)NCCCC(N)=O. The van der Waals surface area contributed by atoms with E-state index in [2.05, 4.69) is 10.7 Å². The number of nitrogens with one attached hydrogen (secondary N) is 2. The van der Waals surface area contributed by atoms with E-state index in [1.165, 1.54) is 6.07 Å². The Morgan fingerprint density at radius 3 is 2.67 bits per heavy atom. The van der Waals surface area contributed by atoms with Crippen LogP contribution in [0.5, 0.6) is 0 Å². The summed E-state index contributed by atoms with van der Waals surface area (Å²) in [7, 11) is 0. The smallest absolute Gasteiger partial charge is 0.253 e. The molecule has 0 aliphatic rings. The molecule has 0 spiro atoms. The fourth-order valence-electron chi connectivity index (χ4n) is 1.39. The van der Waals surface area contributed by atoms with Gasteiger partial charge in [0.25, 0.3) is 5.91 Å². The summed E-state index contributed by atoms with van der Waals surface area (Å²) in [4.78, 5) is 22.4. The van der Waals surface area contributed by atoms with Crippen molar-refractivity contribution in [3.05, 3.63) is 28.8 Å². The van der Waals surface area contributed by atoms with Gasteiger partial charge in [0.05, 0.1) is 11.3 Å². The van der Waals surface area contributed by atoms with Gasteiger partial charge in [0.1, 0.15) is 0 Å². The topological polar surface area (TPSA) is 110 Å². The summed E-state index contributed by atoms with van der Waals surface area (Å²) in [6.07, 6.45) is 0.727. The van der Waals surface area contributed by atoms with E-state index in [-0.39, 0.29) is 12.3 Å². The van der Waals surface area contributed by atoms with Crippen molar-refractivity contribution in [3.63, 3.8) is 0 Å². The molecule has 0 saturated carbocycles. The molecule has 0 aliphatic heterocycles. The van der Waals surface area contributed by atoms with E-state index in [4.69, 9.17) is 23.2 Å². The Hall–Kier alpha value is -1.79. The van der Waals surface area contributed by atoms with Crippen molar-refractivity contribution in [2.24, 2.45) is 11.6 Å². The molecule has 1 rings (SSSR count). The lowest BCUT2D eigenvalue weighted by Crippen LogP contribution is -2.27. The van der Waals surface area contributed by atoms with Crippen molar-refractivity contribution in [1.29, 1.82) is 0 Å². The average molecular weight is 271 g/mol. The lowest BCUT2D eigenvalue weighted by molar-refractivity contribution is -0.118. The van der Waals surface area contributed by atoms with E-state index in [0.29, 0.717) is 29.2 Å². The second-order valence-corrected chi connectivity index (χ2v) is 4.10. The molecule has 0 fully saturated rings. The van der Waals surface area contributed by atoms with Crippen LogP contribution in [0.2, 0.25) is 5.02 Å². The second-order valence-electron chi connectivity index (χ2n) is 3.66. The van der Waals surface area contributed by atoms with Gasteiger partial charge in [-0.05, 0) is 24.6 Å². The highest BCUT2D eigenvalue weighted by atomic mass is 35.5. The third-order valence-electron chi connectivity index (χ3n) is 2.27. The number of nitrogen functional groups attached to an aromatic ring is 1. The molecule has 18 heavy (non-hydrogen) atoms. The molecule has 0 radical (unpaired) electrons. The summed E-state index contributed by atoms with van der Waals surface area (Å²) in [6, 6.07) is 4.75. The number of hydrogen-bond acceptors (Lipinski definition) is 4. The van der Waals surface area contributed by atoms with Gasteiger partial charge in [-0.1, -0.05) is 11.6 Å². The maximum atomic E-state index is 11.8. The minimum absolute atomic E-state index is 0.234. The van der Waals surface area contributed by atoms with Gasteiger partial charge < -0.3 is 16.5 Å². The molecule has 0 aromatic heterocycles. The lowest BCUT2D eigenvalue weighted by atomic mass is 10.1. The number of hydrogen-bond donors (Lipinski definition) is 4. The number of benzene rings is 1. The molecule has 0 atom stereocenters. The van der Waals surface area contributed by atoms with E-state index in [1.54, 1.807) is 12.1 Å². The van der Waals surface area contributed by atoms with Crippen LogP contribution in [0.4, 0.5) is 5.69 Å². The van der Waals surface area contributed by atoms with Crippen molar-refractivity contribution in [2.45, 2.75) is 12.8 Å². The standard InChI is InChI=1S/C11H15ClN4O2/c12-7-3-4-9(16-14)8(6-7)11(18)15-5-1-2-10(13)17/h3-4,6,16H,1-2,5,14H2,(H2,13,17)(H,15,18). The van der Waals surface area contributed by atoms with Crippen LogP contribution in [-0.4, -0.2) is 18.4 Å². The maximum absolute atomic E-state index is 11.8. The Bertz CT molecular complexity index is 451. The van der Waals surface area contributed by atoms with Crippen molar-refractivity contribution in [2.75, 3.05) is 12.0 Å². The molecule has 0 saturated heterocycles. The number of rotatable bonds is 6. The van der Waals surface area contributed by atoms with Crippen LogP contribution in [0.15, 0.2) is 18.2 Å². The van der Waals surface area contributed by atoms with Gasteiger partial charge in [0, 0.05) is 18.0 Å². The average Bonchev–Trinajstić information content (AvgIpc) is 2.34. The summed E-state index contributed by atoms with van der Waals surface area (Å²) in [6.45, 7) is 0.359. The van der Waals surface area contributed by atoms with Gasteiger partial charge >= 0.3 is 0 Å². The van der Waals surface area contributed by atoms with Crippen LogP contribution >= 0.6 is 11.6 Å². The number of primary amides is 1. The zero-order valence-electron chi connectivity index (χ0n) is 9.70. The van der Waals surface area contributed by atoms with Crippen LogP contribution in [-0.2, 0) is 4.79 Å². The quantitative estimate of drug-likeness (QED) is 0.345. The van der Waals surface area contributed by atoms with Gasteiger partial charge in [-0.3, -0.25) is 15.4 Å². The van der Waals surface area contributed by atoms with Crippen molar-refractivity contribution in [3.8, 4) is 0 Å². The highest BCUT2D eigenvalue weighted by Gasteiger charge is 2.11. The van der Waals surface area contributed by atoms with Crippen molar-refractivity contribution in [1.82, 2.24) is 5.32 Å². The molecule has 0 aliphatic carbocycles. The Labute approximate surface area is 110 Å². The van der Waals surface area contributed by atoms with Crippen molar-refractivity contribution < 1.29 is 9.59 Å². The summed E-state index contributed by atoms with van der Waals surface area (Å²) < 4.78 is 0. The van der Waals surface area contributed by atoms with Gasteiger partial charge in [0.15, 0.2) is 0 Å². The fraction of sp³-hybridized carbons (Fsp3) is 0.273. The number of nitrogens with two attached hydrogens (primary N) is 2. The predicted octanol–water partition coefficient (Wildman–Crippen LogP) is 0.621. The number of halogens is 1. The van der Waals surface area contributed by atoms with Crippen LogP contribution < -0.4 is 22.3 Å². The summed E-state index contributed by atoms with van der Waals surface area (Å²) in [5.41, 5.74) is 8.24. The molecule has 2 amide bonds. The number of anilines is 1. The maximum Gasteiger partial charge on any atom is 0.253 e. The zero-order chi connectivity index (χ0) is 13.5. The Balaban J connectivity index is 2.60. The predicted molar refractivity (Wildman–Crippen MR) is 70.0 cm³/mol. The molecule has 1 aromatic carbocycles.